The summed E-state index contributed by atoms with van der Waals surface area (Å²) < 4.78 is 7.63. The van der Waals surface area contributed by atoms with Crippen LogP contribution in [0.1, 0.15) is 18.3 Å². The van der Waals surface area contributed by atoms with Crippen LogP contribution < -0.4 is 10.1 Å². The molecule has 0 unspecified atom stereocenters. The van der Waals surface area contributed by atoms with Gasteiger partial charge in [0, 0.05) is 11.6 Å². The first-order valence-electron chi connectivity index (χ1n) is 8.83. The molecule has 0 saturated heterocycles. The lowest BCUT2D eigenvalue weighted by Gasteiger charge is -2.09. The van der Waals surface area contributed by atoms with Gasteiger partial charge in [0.2, 0.25) is 5.91 Å². The van der Waals surface area contributed by atoms with Crippen molar-refractivity contribution in [3.05, 3.63) is 64.9 Å². The van der Waals surface area contributed by atoms with Gasteiger partial charge in [-0.15, -0.1) is 10.2 Å². The monoisotopic (exact) mass is 427 g/mol. The summed E-state index contributed by atoms with van der Waals surface area (Å²) in [4.78, 5) is 12.3. The summed E-state index contributed by atoms with van der Waals surface area (Å²) >= 11 is 7.15. The van der Waals surface area contributed by atoms with E-state index in [1.807, 2.05) is 11.5 Å². The van der Waals surface area contributed by atoms with E-state index >= 15 is 0 Å². The van der Waals surface area contributed by atoms with Gasteiger partial charge in [-0.3, -0.25) is 4.79 Å². The van der Waals surface area contributed by atoms with Gasteiger partial charge >= 0.3 is 0 Å². The van der Waals surface area contributed by atoms with E-state index in [-0.39, 0.29) is 18.3 Å². The molecule has 0 aliphatic carbocycles. The van der Waals surface area contributed by atoms with Gasteiger partial charge in [-0.1, -0.05) is 35.5 Å². The van der Waals surface area contributed by atoms with Crippen molar-refractivity contribution in [2.75, 3.05) is 11.1 Å². The minimum atomic E-state index is -0.220. The lowest BCUT2D eigenvalue weighted by Crippen LogP contribution is -2.15. The molecule has 7 nitrogen and oxygen atoms in total. The number of carbonyl (C=O) groups is 1. The van der Waals surface area contributed by atoms with E-state index in [1.54, 1.807) is 48.5 Å². The van der Waals surface area contributed by atoms with E-state index in [0.29, 0.717) is 39.5 Å². The number of rotatable bonds is 8. The topological polar surface area (TPSA) is 92.8 Å². The van der Waals surface area contributed by atoms with Gasteiger partial charge in [0.05, 0.1) is 17.0 Å². The molecular formula is C20H18ClN5O2S. The molecule has 1 aromatic heterocycles. The SMILES string of the molecule is CCn1c(COc2ccc(Cl)cc2)nnc1SCC(=O)Nc1ccccc1C#N. The quantitative estimate of drug-likeness (QED) is 0.543. The Bertz CT molecular complexity index is 1030. The Balaban J connectivity index is 1.59. The Labute approximate surface area is 177 Å². The number of carbonyl (C=O) groups excluding carboxylic acids is 1. The van der Waals surface area contributed by atoms with Crippen LogP contribution in [0.25, 0.3) is 0 Å². The average molecular weight is 428 g/mol. The molecule has 0 bridgehead atoms. The van der Waals surface area contributed by atoms with E-state index in [4.69, 9.17) is 21.6 Å². The maximum absolute atomic E-state index is 12.3. The molecule has 9 heteroatoms. The maximum Gasteiger partial charge on any atom is 0.234 e. The molecule has 0 atom stereocenters. The average Bonchev–Trinajstić information content (AvgIpc) is 3.14. The lowest BCUT2D eigenvalue weighted by atomic mass is 10.2. The van der Waals surface area contributed by atoms with E-state index in [9.17, 15) is 4.79 Å². The lowest BCUT2D eigenvalue weighted by molar-refractivity contribution is -0.113. The fourth-order valence-electron chi connectivity index (χ4n) is 2.53. The molecule has 1 N–H and O–H groups in total. The summed E-state index contributed by atoms with van der Waals surface area (Å²) in [6, 6.07) is 16.0. The van der Waals surface area contributed by atoms with Crippen LogP contribution in [0.15, 0.2) is 53.7 Å². The number of hydrogen-bond donors (Lipinski definition) is 1. The number of halogens is 1. The third-order valence-corrected chi connectivity index (χ3v) is 5.16. The second-order valence-corrected chi connectivity index (χ2v) is 7.26. The molecule has 29 heavy (non-hydrogen) atoms. The minimum absolute atomic E-state index is 0.149. The molecule has 0 spiro atoms. The molecule has 0 saturated carbocycles. The summed E-state index contributed by atoms with van der Waals surface area (Å²) in [5.74, 6) is 1.28. The van der Waals surface area contributed by atoms with Gasteiger partial charge < -0.3 is 14.6 Å². The van der Waals surface area contributed by atoms with Crippen molar-refractivity contribution >= 4 is 35.0 Å². The van der Waals surface area contributed by atoms with Gasteiger partial charge in [0.25, 0.3) is 0 Å². The highest BCUT2D eigenvalue weighted by Gasteiger charge is 2.14. The van der Waals surface area contributed by atoms with Crippen LogP contribution in [0.2, 0.25) is 5.02 Å². The highest BCUT2D eigenvalue weighted by Crippen LogP contribution is 2.21. The number of aromatic nitrogens is 3. The second kappa shape index (κ2) is 9.96. The van der Waals surface area contributed by atoms with Crippen LogP contribution in [0.5, 0.6) is 5.75 Å². The number of anilines is 1. The summed E-state index contributed by atoms with van der Waals surface area (Å²) in [6.07, 6.45) is 0. The van der Waals surface area contributed by atoms with E-state index in [2.05, 4.69) is 21.6 Å². The number of nitriles is 1. The number of amides is 1. The highest BCUT2D eigenvalue weighted by molar-refractivity contribution is 7.99. The molecule has 1 heterocycles. The summed E-state index contributed by atoms with van der Waals surface area (Å²) in [7, 11) is 0. The van der Waals surface area contributed by atoms with Crippen molar-refractivity contribution in [1.29, 1.82) is 5.26 Å². The number of nitrogens with zero attached hydrogens (tertiary/aromatic N) is 4. The second-order valence-electron chi connectivity index (χ2n) is 5.88. The molecule has 0 aliphatic rings. The van der Waals surface area contributed by atoms with Crippen LogP contribution in [0.3, 0.4) is 0 Å². The molecular weight excluding hydrogens is 410 g/mol. The summed E-state index contributed by atoms with van der Waals surface area (Å²) in [5.41, 5.74) is 0.916. The number of nitrogens with one attached hydrogen (secondary N) is 1. The molecule has 0 aliphatic heterocycles. The molecule has 148 valence electrons. The Morgan fingerprint density at radius 2 is 2.00 bits per heavy atom. The van der Waals surface area contributed by atoms with Gasteiger partial charge in [-0.05, 0) is 43.3 Å². The zero-order valence-corrected chi connectivity index (χ0v) is 17.2. The summed E-state index contributed by atoms with van der Waals surface area (Å²) in [5, 5.41) is 21.5. The fourth-order valence-corrected chi connectivity index (χ4v) is 3.48. The summed E-state index contributed by atoms with van der Waals surface area (Å²) in [6.45, 7) is 2.88. The zero-order valence-electron chi connectivity index (χ0n) is 15.6. The molecule has 0 radical (unpaired) electrons. The maximum atomic E-state index is 12.3. The molecule has 1 amide bonds. The van der Waals surface area contributed by atoms with E-state index < -0.39 is 0 Å². The normalized spacial score (nSPS) is 10.4. The van der Waals surface area contributed by atoms with Gasteiger partial charge in [-0.25, -0.2) is 0 Å². The van der Waals surface area contributed by atoms with Crippen molar-refractivity contribution in [2.45, 2.75) is 25.2 Å². The molecule has 3 rings (SSSR count). The van der Waals surface area contributed by atoms with Crippen molar-refractivity contribution in [1.82, 2.24) is 14.8 Å². The predicted octanol–water partition coefficient (Wildman–Crippen LogP) is 4.13. The van der Waals surface area contributed by atoms with Crippen LogP contribution in [0.4, 0.5) is 5.69 Å². The van der Waals surface area contributed by atoms with Gasteiger partial charge in [-0.2, -0.15) is 5.26 Å². The Morgan fingerprint density at radius 3 is 2.72 bits per heavy atom. The first-order chi connectivity index (χ1) is 14.1. The minimum Gasteiger partial charge on any atom is -0.486 e. The van der Waals surface area contributed by atoms with Crippen LogP contribution in [-0.4, -0.2) is 26.4 Å². The largest absolute Gasteiger partial charge is 0.486 e. The van der Waals surface area contributed by atoms with Crippen LogP contribution in [0, 0.1) is 11.3 Å². The number of ether oxygens (including phenoxy) is 1. The zero-order chi connectivity index (χ0) is 20.6. The van der Waals surface area contributed by atoms with Gasteiger partial charge in [0.15, 0.2) is 11.0 Å². The van der Waals surface area contributed by atoms with Crippen molar-refractivity contribution in [3.8, 4) is 11.8 Å². The Hall–Kier alpha value is -3.02. The number of thioether (sulfide) groups is 1. The van der Waals surface area contributed by atoms with Crippen molar-refractivity contribution in [2.24, 2.45) is 0 Å². The fraction of sp³-hybridized carbons (Fsp3) is 0.200. The first kappa shape index (κ1) is 20.7. The van der Waals surface area contributed by atoms with E-state index in [1.165, 1.54) is 11.8 Å². The number of para-hydroxylation sites is 1. The Kier molecular flexibility index (Phi) is 7.11. The molecule has 3 aromatic rings. The third kappa shape index (κ3) is 5.50. The predicted molar refractivity (Wildman–Crippen MR) is 112 cm³/mol. The van der Waals surface area contributed by atoms with Crippen LogP contribution in [-0.2, 0) is 17.9 Å². The Morgan fingerprint density at radius 1 is 1.24 bits per heavy atom. The number of hydrogen-bond acceptors (Lipinski definition) is 6. The standard InChI is InChI=1S/C20H18ClN5O2S/c1-2-26-18(12-28-16-9-7-15(21)8-10-16)24-25-20(26)29-13-19(27)23-17-6-4-3-5-14(17)11-22/h3-10H,2,12-13H2,1H3,(H,23,27). The van der Waals surface area contributed by atoms with Gasteiger partial charge in [0.1, 0.15) is 18.4 Å². The van der Waals surface area contributed by atoms with E-state index in [0.717, 1.165) is 0 Å². The molecule has 2 aromatic carbocycles. The molecule has 0 fully saturated rings. The third-order valence-electron chi connectivity index (χ3n) is 3.95. The highest BCUT2D eigenvalue weighted by atomic mass is 35.5. The first-order valence-corrected chi connectivity index (χ1v) is 10.2. The van der Waals surface area contributed by atoms with Crippen molar-refractivity contribution in [3.63, 3.8) is 0 Å². The van der Waals surface area contributed by atoms with Crippen LogP contribution >= 0.6 is 23.4 Å². The van der Waals surface area contributed by atoms with Crippen molar-refractivity contribution < 1.29 is 9.53 Å². The smallest absolute Gasteiger partial charge is 0.234 e. The number of benzene rings is 2.